The van der Waals surface area contributed by atoms with E-state index >= 15 is 0 Å². The van der Waals surface area contributed by atoms with Gasteiger partial charge in [-0.2, -0.15) is 20.5 Å². The van der Waals surface area contributed by atoms with Crippen LogP contribution in [-0.4, -0.2) is 33.1 Å². The van der Waals surface area contributed by atoms with Crippen molar-refractivity contribution in [1.82, 2.24) is 13.7 Å². The predicted molar refractivity (Wildman–Crippen MR) is 81.0 cm³/mol. The van der Waals surface area contributed by atoms with Crippen LogP contribution in [0.25, 0.3) is 0 Å². The average molecular weight is 301 g/mol. The molecule has 2 N–H and O–H groups in total. The van der Waals surface area contributed by atoms with Crippen LogP contribution >= 0.6 is 34.8 Å². The lowest BCUT2D eigenvalue weighted by Gasteiger charge is -2.04. The number of rotatable bonds is 7. The highest BCUT2D eigenvalue weighted by Crippen LogP contribution is 2.20. The minimum absolute atomic E-state index is 0.823. The van der Waals surface area contributed by atoms with E-state index in [1.54, 1.807) is 11.3 Å². The number of aryl methyl sites for hydroxylation is 1. The lowest BCUT2D eigenvalue weighted by Crippen LogP contribution is -2.06. The van der Waals surface area contributed by atoms with Crippen LogP contribution in [0, 0.1) is 6.92 Å². The van der Waals surface area contributed by atoms with Gasteiger partial charge in [0.2, 0.25) is 0 Å². The molecular weight excluding hydrogens is 286 g/mol. The fourth-order valence-electron chi connectivity index (χ4n) is 1.34. The van der Waals surface area contributed by atoms with Crippen LogP contribution in [0.1, 0.15) is 10.6 Å². The maximum Gasteiger partial charge on any atom is 0.184 e. The average Bonchev–Trinajstić information content (AvgIpc) is 2.98. The summed E-state index contributed by atoms with van der Waals surface area (Å²) in [6, 6.07) is 0. The van der Waals surface area contributed by atoms with Crippen molar-refractivity contribution >= 4 is 46.5 Å². The molecular formula is C10H15N5S3. The van der Waals surface area contributed by atoms with Crippen molar-refractivity contribution < 1.29 is 0 Å². The summed E-state index contributed by atoms with van der Waals surface area (Å²) in [6.07, 6.45) is 0. The molecule has 0 saturated heterocycles. The summed E-state index contributed by atoms with van der Waals surface area (Å²) in [4.78, 5) is 5.61. The van der Waals surface area contributed by atoms with Crippen molar-refractivity contribution in [2.24, 2.45) is 0 Å². The number of hydrogen-bond donors (Lipinski definition) is 2. The molecule has 0 aliphatic rings. The predicted octanol–water partition coefficient (Wildman–Crippen LogP) is 2.69. The van der Waals surface area contributed by atoms with Crippen LogP contribution in [0.4, 0.5) is 11.6 Å². The van der Waals surface area contributed by atoms with Crippen molar-refractivity contribution in [1.29, 1.82) is 0 Å². The molecule has 0 aliphatic heterocycles. The summed E-state index contributed by atoms with van der Waals surface area (Å²) in [5.41, 5.74) is 3.06. The van der Waals surface area contributed by atoms with Crippen LogP contribution in [0.5, 0.6) is 0 Å². The van der Waals surface area contributed by atoms with Crippen molar-refractivity contribution in [2.75, 3.05) is 30.0 Å². The highest BCUT2D eigenvalue weighted by atomic mass is 32.2. The molecule has 2 aromatic rings. The van der Waals surface area contributed by atoms with E-state index in [0.717, 1.165) is 35.4 Å². The zero-order valence-corrected chi connectivity index (χ0v) is 12.7. The molecule has 0 bridgehead atoms. The van der Waals surface area contributed by atoms with Crippen LogP contribution in [0.15, 0.2) is 5.51 Å². The van der Waals surface area contributed by atoms with E-state index in [2.05, 4.69) is 31.3 Å². The van der Waals surface area contributed by atoms with Gasteiger partial charge < -0.3 is 10.6 Å². The Labute approximate surface area is 119 Å². The highest BCUT2D eigenvalue weighted by molar-refractivity contribution is 7.98. The second-order valence-electron chi connectivity index (χ2n) is 3.55. The van der Waals surface area contributed by atoms with Crippen molar-refractivity contribution in [3.05, 3.63) is 16.1 Å². The molecule has 0 saturated carbocycles. The molecule has 0 fully saturated rings. The summed E-state index contributed by atoms with van der Waals surface area (Å²) in [5.74, 6) is 3.74. The first-order chi connectivity index (χ1) is 8.81. The van der Waals surface area contributed by atoms with E-state index < -0.39 is 0 Å². The lowest BCUT2D eigenvalue weighted by atomic mass is 10.4. The summed E-state index contributed by atoms with van der Waals surface area (Å²) in [5, 5.41) is 6.29. The Morgan fingerprint density at radius 1 is 1.33 bits per heavy atom. The maximum atomic E-state index is 4.24. The van der Waals surface area contributed by atoms with Gasteiger partial charge in [0.1, 0.15) is 0 Å². The molecule has 0 spiro atoms. The fourth-order valence-corrected chi connectivity index (χ4v) is 3.74. The normalized spacial score (nSPS) is 10.6. The summed E-state index contributed by atoms with van der Waals surface area (Å²) >= 11 is 4.85. The summed E-state index contributed by atoms with van der Waals surface area (Å²) in [6.45, 7) is 2.95. The quantitative estimate of drug-likeness (QED) is 0.767. The van der Waals surface area contributed by atoms with Gasteiger partial charge in [-0.25, -0.2) is 4.98 Å². The van der Waals surface area contributed by atoms with Gasteiger partial charge in [0, 0.05) is 30.0 Å². The Morgan fingerprint density at radius 3 is 2.89 bits per heavy atom. The largest absolute Gasteiger partial charge is 0.369 e. The second-order valence-corrected chi connectivity index (χ2v) is 6.12. The zero-order valence-electron chi connectivity index (χ0n) is 10.3. The fraction of sp³-hybridized carbons (Fsp3) is 0.500. The molecule has 0 amide bonds. The van der Waals surface area contributed by atoms with Gasteiger partial charge in [-0.3, -0.25) is 0 Å². The van der Waals surface area contributed by atoms with Crippen molar-refractivity contribution in [3.63, 3.8) is 0 Å². The molecule has 0 aliphatic carbocycles. The Hall–Kier alpha value is -0.860. The molecule has 8 heteroatoms. The summed E-state index contributed by atoms with van der Waals surface area (Å²) in [7, 11) is 1.85. The van der Waals surface area contributed by atoms with Gasteiger partial charge >= 0.3 is 0 Å². The Morgan fingerprint density at radius 2 is 2.17 bits per heavy atom. The van der Waals surface area contributed by atoms with E-state index in [9.17, 15) is 0 Å². The van der Waals surface area contributed by atoms with Gasteiger partial charge in [-0.05, 0) is 6.92 Å². The van der Waals surface area contributed by atoms with Crippen LogP contribution in [-0.2, 0) is 5.75 Å². The first-order valence-electron chi connectivity index (χ1n) is 5.52. The van der Waals surface area contributed by atoms with E-state index in [4.69, 9.17) is 0 Å². The molecule has 2 rings (SSSR count). The minimum atomic E-state index is 0.823. The Bertz CT molecular complexity index is 481. The molecule has 0 unspecified atom stereocenters. The molecule has 5 nitrogen and oxygen atoms in total. The number of hydrogen-bond acceptors (Lipinski definition) is 8. The third kappa shape index (κ3) is 3.56. The SMILES string of the molecule is CNc1nsnc1NCCSCc1scnc1C. The molecule has 18 heavy (non-hydrogen) atoms. The minimum Gasteiger partial charge on any atom is -0.369 e. The number of nitrogens with zero attached hydrogens (tertiary/aromatic N) is 3. The van der Waals surface area contributed by atoms with E-state index in [1.165, 1.54) is 16.6 Å². The first-order valence-corrected chi connectivity index (χ1v) is 8.28. The number of anilines is 2. The first kappa shape index (κ1) is 13.6. The van der Waals surface area contributed by atoms with Gasteiger partial charge in [-0.15, -0.1) is 11.3 Å². The molecule has 98 valence electrons. The zero-order chi connectivity index (χ0) is 12.8. The van der Waals surface area contributed by atoms with Gasteiger partial charge in [0.05, 0.1) is 22.9 Å². The Balaban J connectivity index is 1.66. The molecule has 2 heterocycles. The molecule has 0 aromatic carbocycles. The standard InChI is InChI=1S/C10H15N5S3/c1-7-8(17-6-13-7)5-16-4-3-12-10-9(11-2)14-18-15-10/h6H,3-5H2,1-2H3,(H,11,14)(H,12,15). The van der Waals surface area contributed by atoms with E-state index in [1.807, 2.05) is 24.3 Å². The lowest BCUT2D eigenvalue weighted by molar-refractivity contribution is 1.19. The monoisotopic (exact) mass is 301 g/mol. The molecule has 0 radical (unpaired) electrons. The number of thiazole rings is 1. The smallest absolute Gasteiger partial charge is 0.184 e. The van der Waals surface area contributed by atoms with Gasteiger partial charge in [0.25, 0.3) is 0 Å². The number of thioether (sulfide) groups is 1. The topological polar surface area (TPSA) is 62.7 Å². The Kier molecular flexibility index (Phi) is 5.21. The number of aromatic nitrogens is 3. The molecule has 0 atom stereocenters. The van der Waals surface area contributed by atoms with E-state index in [-0.39, 0.29) is 0 Å². The van der Waals surface area contributed by atoms with Crippen LogP contribution < -0.4 is 10.6 Å². The van der Waals surface area contributed by atoms with Crippen LogP contribution in [0.3, 0.4) is 0 Å². The third-order valence-corrected chi connectivity index (χ3v) is 4.97. The maximum absolute atomic E-state index is 4.24. The van der Waals surface area contributed by atoms with Crippen molar-refractivity contribution in [2.45, 2.75) is 12.7 Å². The van der Waals surface area contributed by atoms with Gasteiger partial charge in [-0.1, -0.05) is 0 Å². The summed E-state index contributed by atoms with van der Waals surface area (Å²) < 4.78 is 8.32. The third-order valence-electron chi connectivity index (χ3n) is 2.34. The molecule has 2 aromatic heterocycles. The number of nitrogens with one attached hydrogen (secondary N) is 2. The second kappa shape index (κ2) is 6.91. The van der Waals surface area contributed by atoms with Gasteiger partial charge in [0.15, 0.2) is 11.6 Å². The van der Waals surface area contributed by atoms with E-state index in [0.29, 0.717) is 0 Å². The highest BCUT2D eigenvalue weighted by Gasteiger charge is 2.05. The van der Waals surface area contributed by atoms with Crippen molar-refractivity contribution in [3.8, 4) is 0 Å². The van der Waals surface area contributed by atoms with Crippen LogP contribution in [0.2, 0.25) is 0 Å².